The van der Waals surface area contributed by atoms with Crippen molar-refractivity contribution in [3.8, 4) is 16.9 Å². The van der Waals surface area contributed by atoms with Crippen molar-refractivity contribution in [2.45, 2.75) is 58.3 Å². The van der Waals surface area contributed by atoms with Crippen molar-refractivity contribution >= 4 is 16.8 Å². The maximum absolute atomic E-state index is 11.8. The first-order valence-corrected chi connectivity index (χ1v) is 10.1. The third-order valence-corrected chi connectivity index (χ3v) is 4.76. The number of halogens is 1. The van der Waals surface area contributed by atoms with Crippen LogP contribution in [0.5, 0.6) is 5.75 Å². The fourth-order valence-corrected chi connectivity index (χ4v) is 3.23. The molecule has 0 heterocycles. The lowest BCUT2D eigenvalue weighted by Gasteiger charge is -2.11. The molecule has 2 rings (SSSR count). The second kappa shape index (κ2) is 11.7. The molecule has 0 N–H and O–H groups in total. The molecule has 0 radical (unpaired) electrons. The molecule has 0 aliphatic heterocycles. The van der Waals surface area contributed by atoms with Crippen molar-refractivity contribution in [2.24, 2.45) is 0 Å². The summed E-state index contributed by atoms with van der Waals surface area (Å²) in [6, 6.07) is 15.4. The molecule has 0 spiro atoms. The van der Waals surface area contributed by atoms with Crippen molar-refractivity contribution in [1.29, 1.82) is 0 Å². The van der Waals surface area contributed by atoms with Crippen LogP contribution >= 0.6 is 11.6 Å². The third kappa shape index (κ3) is 6.84. The van der Waals surface area contributed by atoms with Gasteiger partial charge in [-0.15, -0.1) is 0 Å². The highest BCUT2D eigenvalue weighted by molar-refractivity contribution is 6.68. The topological polar surface area (TPSA) is 26.3 Å². The number of carbonyl (C=O) groups excluding carboxylic acids is 1. The van der Waals surface area contributed by atoms with Gasteiger partial charge in [-0.3, -0.25) is 4.79 Å². The lowest BCUT2D eigenvalue weighted by Crippen LogP contribution is -2.00. The number of hydrogen-bond acceptors (Lipinski definition) is 2. The molecule has 0 saturated carbocycles. The number of ether oxygens (including phenoxy) is 1. The molecule has 0 aromatic heterocycles. The number of hydrogen-bond donors (Lipinski definition) is 0. The van der Waals surface area contributed by atoms with Crippen molar-refractivity contribution in [3.63, 3.8) is 0 Å². The van der Waals surface area contributed by atoms with Gasteiger partial charge in [-0.25, -0.2) is 0 Å². The highest BCUT2D eigenvalue weighted by Gasteiger charge is 2.12. The monoisotopic (exact) mass is 372 g/mol. The lowest BCUT2D eigenvalue weighted by molar-refractivity contribution is 0.108. The Morgan fingerprint density at radius 1 is 0.885 bits per heavy atom. The standard InChI is InChI=1S/C23H29ClO2/c1-2-3-4-5-6-7-8-12-17-26-20-15-16-21(22(18-20)23(24)25)19-13-10-9-11-14-19/h9-11,13-16,18H,2-8,12,17H2,1H3. The van der Waals surface area contributed by atoms with E-state index in [0.717, 1.165) is 17.5 Å². The van der Waals surface area contributed by atoms with Gasteiger partial charge in [-0.05, 0) is 47.3 Å². The van der Waals surface area contributed by atoms with E-state index in [4.69, 9.17) is 16.3 Å². The minimum Gasteiger partial charge on any atom is -0.494 e. The predicted octanol–water partition coefficient (Wildman–Crippen LogP) is 7.25. The number of unbranched alkanes of at least 4 members (excludes halogenated alkanes) is 7. The molecule has 0 bridgehead atoms. The Kier molecular flexibility index (Phi) is 9.27. The van der Waals surface area contributed by atoms with E-state index in [0.29, 0.717) is 17.9 Å². The van der Waals surface area contributed by atoms with Crippen molar-refractivity contribution in [2.75, 3.05) is 6.61 Å². The molecule has 26 heavy (non-hydrogen) atoms. The second-order valence-corrected chi connectivity index (χ2v) is 7.01. The summed E-state index contributed by atoms with van der Waals surface area (Å²) in [5.74, 6) is 0.705. The molecule has 0 aliphatic rings. The van der Waals surface area contributed by atoms with Crippen LogP contribution < -0.4 is 4.74 Å². The van der Waals surface area contributed by atoms with Gasteiger partial charge in [0.15, 0.2) is 0 Å². The van der Waals surface area contributed by atoms with Gasteiger partial charge in [0, 0.05) is 5.56 Å². The fourth-order valence-electron chi connectivity index (χ4n) is 3.07. The van der Waals surface area contributed by atoms with Crippen LogP contribution in [-0.2, 0) is 0 Å². The van der Waals surface area contributed by atoms with Crippen LogP contribution in [0.25, 0.3) is 11.1 Å². The first-order chi connectivity index (χ1) is 12.7. The van der Waals surface area contributed by atoms with Crippen LogP contribution in [0.15, 0.2) is 48.5 Å². The summed E-state index contributed by atoms with van der Waals surface area (Å²) in [7, 11) is 0. The molecule has 0 saturated heterocycles. The van der Waals surface area contributed by atoms with Gasteiger partial charge in [0.1, 0.15) is 5.75 Å². The van der Waals surface area contributed by atoms with Gasteiger partial charge >= 0.3 is 0 Å². The number of rotatable bonds is 12. The molecule has 2 nitrogen and oxygen atoms in total. The first kappa shape index (κ1) is 20.5. The highest BCUT2D eigenvalue weighted by atomic mass is 35.5. The normalized spacial score (nSPS) is 10.7. The third-order valence-electron chi connectivity index (χ3n) is 4.55. The zero-order chi connectivity index (χ0) is 18.6. The van der Waals surface area contributed by atoms with Crippen molar-refractivity contribution < 1.29 is 9.53 Å². The van der Waals surface area contributed by atoms with Crippen LogP contribution in [0, 0.1) is 0 Å². The first-order valence-electron chi connectivity index (χ1n) is 9.74. The molecular formula is C23H29ClO2. The number of carbonyl (C=O) groups is 1. The van der Waals surface area contributed by atoms with E-state index in [1.165, 1.54) is 44.9 Å². The summed E-state index contributed by atoms with van der Waals surface area (Å²) >= 11 is 5.79. The van der Waals surface area contributed by atoms with E-state index < -0.39 is 5.24 Å². The lowest BCUT2D eigenvalue weighted by atomic mass is 10.00. The van der Waals surface area contributed by atoms with Crippen LogP contribution in [0.2, 0.25) is 0 Å². The quantitative estimate of drug-likeness (QED) is 0.289. The van der Waals surface area contributed by atoms with Crippen LogP contribution in [0.1, 0.15) is 68.6 Å². The van der Waals surface area contributed by atoms with Crippen molar-refractivity contribution in [1.82, 2.24) is 0 Å². The Morgan fingerprint density at radius 3 is 2.19 bits per heavy atom. The van der Waals surface area contributed by atoms with Crippen LogP contribution in [-0.4, -0.2) is 11.8 Å². The largest absolute Gasteiger partial charge is 0.494 e. The molecule has 2 aromatic rings. The Labute approximate surface area is 162 Å². The second-order valence-electron chi connectivity index (χ2n) is 6.67. The SMILES string of the molecule is CCCCCCCCCCOc1ccc(-c2ccccc2)c(C(=O)Cl)c1. The fraction of sp³-hybridized carbons (Fsp3) is 0.435. The molecule has 0 amide bonds. The molecule has 0 atom stereocenters. The van der Waals surface area contributed by atoms with E-state index in [9.17, 15) is 4.79 Å². The van der Waals surface area contributed by atoms with Gasteiger partial charge in [0.2, 0.25) is 0 Å². The Bertz CT molecular complexity index is 667. The molecule has 140 valence electrons. The van der Waals surface area contributed by atoms with E-state index in [1.54, 1.807) is 6.07 Å². The van der Waals surface area contributed by atoms with Gasteiger partial charge < -0.3 is 4.74 Å². The summed E-state index contributed by atoms with van der Waals surface area (Å²) in [5, 5.41) is -0.457. The minimum absolute atomic E-state index is 0.457. The summed E-state index contributed by atoms with van der Waals surface area (Å²) in [5.41, 5.74) is 2.31. The van der Waals surface area contributed by atoms with E-state index >= 15 is 0 Å². The molecule has 2 aromatic carbocycles. The van der Waals surface area contributed by atoms with Crippen molar-refractivity contribution in [3.05, 3.63) is 54.1 Å². The average Bonchev–Trinajstić information content (AvgIpc) is 2.67. The average molecular weight is 373 g/mol. The van der Waals surface area contributed by atoms with Gasteiger partial charge in [0.05, 0.1) is 6.61 Å². The maximum atomic E-state index is 11.8. The molecule has 0 fully saturated rings. The van der Waals surface area contributed by atoms with Gasteiger partial charge in [0.25, 0.3) is 5.24 Å². The summed E-state index contributed by atoms with van der Waals surface area (Å²) in [6.07, 6.45) is 10.2. The number of benzene rings is 2. The Morgan fingerprint density at radius 2 is 1.54 bits per heavy atom. The van der Waals surface area contributed by atoms with E-state index in [-0.39, 0.29) is 0 Å². The summed E-state index contributed by atoms with van der Waals surface area (Å²) in [6.45, 7) is 2.92. The molecule has 0 aliphatic carbocycles. The highest BCUT2D eigenvalue weighted by Crippen LogP contribution is 2.28. The zero-order valence-electron chi connectivity index (χ0n) is 15.7. The van der Waals surface area contributed by atoms with Crippen LogP contribution in [0.3, 0.4) is 0 Å². The summed E-state index contributed by atoms with van der Waals surface area (Å²) < 4.78 is 5.82. The Balaban J connectivity index is 1.82. The zero-order valence-corrected chi connectivity index (χ0v) is 16.4. The molecule has 0 unspecified atom stereocenters. The van der Waals surface area contributed by atoms with Gasteiger partial charge in [-0.1, -0.05) is 82.2 Å². The van der Waals surface area contributed by atoms with Crippen LogP contribution in [0.4, 0.5) is 0 Å². The summed E-state index contributed by atoms with van der Waals surface area (Å²) in [4.78, 5) is 11.8. The predicted molar refractivity (Wildman–Crippen MR) is 110 cm³/mol. The Hall–Kier alpha value is -1.80. The minimum atomic E-state index is -0.457. The van der Waals surface area contributed by atoms with E-state index in [1.807, 2.05) is 42.5 Å². The molecule has 3 heteroatoms. The van der Waals surface area contributed by atoms with E-state index in [2.05, 4.69) is 6.92 Å². The maximum Gasteiger partial charge on any atom is 0.253 e. The smallest absolute Gasteiger partial charge is 0.253 e. The molecular weight excluding hydrogens is 344 g/mol. The van der Waals surface area contributed by atoms with Gasteiger partial charge in [-0.2, -0.15) is 0 Å².